The summed E-state index contributed by atoms with van der Waals surface area (Å²) in [7, 11) is 0. The van der Waals surface area contributed by atoms with Gasteiger partial charge in [0, 0.05) is 8.96 Å². The van der Waals surface area contributed by atoms with E-state index in [9.17, 15) is 4.79 Å². The summed E-state index contributed by atoms with van der Waals surface area (Å²) in [6, 6.07) is 13.5. The van der Waals surface area contributed by atoms with Crippen LogP contribution >= 0.6 is 22.6 Å². The molecule has 0 unspecified atom stereocenters. The summed E-state index contributed by atoms with van der Waals surface area (Å²) in [5, 5.41) is 5.52. The van der Waals surface area contributed by atoms with E-state index in [2.05, 4.69) is 33.8 Å². The van der Waals surface area contributed by atoms with Crippen LogP contribution in [-0.2, 0) is 4.74 Å². The van der Waals surface area contributed by atoms with Gasteiger partial charge in [-0.05, 0) is 64.9 Å². The summed E-state index contributed by atoms with van der Waals surface area (Å²) in [6.45, 7) is 4.45. The van der Waals surface area contributed by atoms with E-state index >= 15 is 0 Å². The van der Waals surface area contributed by atoms with Crippen molar-refractivity contribution in [3.8, 4) is 5.69 Å². The second-order valence-electron chi connectivity index (χ2n) is 5.80. The van der Waals surface area contributed by atoms with E-state index in [0.29, 0.717) is 18.1 Å². The summed E-state index contributed by atoms with van der Waals surface area (Å²) in [5.41, 5.74) is 2.40. The average Bonchev–Trinajstić information content (AvgIpc) is 2.95. The maximum absolute atomic E-state index is 12.1. The number of halogens is 1. The highest BCUT2D eigenvalue weighted by molar-refractivity contribution is 14.1. The molecule has 0 spiro atoms. The summed E-state index contributed by atoms with van der Waals surface area (Å²) in [5.74, 6) is 0.0197. The quantitative estimate of drug-likeness (QED) is 0.463. The van der Waals surface area contributed by atoms with Gasteiger partial charge in [-0.25, -0.2) is 9.48 Å². The molecule has 0 radical (unpaired) electrons. The number of esters is 1. The first-order valence-corrected chi connectivity index (χ1v) is 8.53. The first-order chi connectivity index (χ1) is 11.0. The third-order valence-electron chi connectivity index (χ3n) is 3.40. The van der Waals surface area contributed by atoms with Gasteiger partial charge in [0.05, 0.1) is 29.6 Å². The normalized spacial score (nSPS) is 11.1. The van der Waals surface area contributed by atoms with Crippen LogP contribution in [0, 0.1) is 9.49 Å². The number of hydrogen-bond acceptors (Lipinski definition) is 3. The van der Waals surface area contributed by atoms with Crippen LogP contribution in [0.3, 0.4) is 0 Å². The van der Waals surface area contributed by atoms with Crippen LogP contribution in [0.15, 0.2) is 48.7 Å². The van der Waals surface area contributed by atoms with Gasteiger partial charge < -0.3 is 4.74 Å². The average molecular weight is 420 g/mol. The topological polar surface area (TPSA) is 44.1 Å². The molecule has 5 heteroatoms. The highest BCUT2D eigenvalue weighted by Crippen LogP contribution is 2.21. The molecule has 0 saturated carbocycles. The molecule has 0 bridgehead atoms. The molecule has 3 rings (SSSR count). The lowest BCUT2D eigenvalue weighted by atomic mass is 10.2. The molecule has 0 saturated heterocycles. The van der Waals surface area contributed by atoms with Gasteiger partial charge in [-0.2, -0.15) is 5.10 Å². The fourth-order valence-electron chi connectivity index (χ4n) is 2.30. The van der Waals surface area contributed by atoms with Gasteiger partial charge in [-0.15, -0.1) is 0 Å². The van der Waals surface area contributed by atoms with Crippen molar-refractivity contribution in [3.05, 3.63) is 57.8 Å². The molecule has 0 atom stereocenters. The lowest BCUT2D eigenvalue weighted by Crippen LogP contribution is -2.10. The molecule has 3 aromatic rings. The lowest BCUT2D eigenvalue weighted by molar-refractivity contribution is 0.0459. The Morgan fingerprint density at radius 1 is 1.26 bits per heavy atom. The molecular weight excluding hydrogens is 403 g/mol. The predicted octanol–water partition coefficient (Wildman–Crippen LogP) is 4.44. The van der Waals surface area contributed by atoms with Crippen LogP contribution in [0.4, 0.5) is 0 Å². The largest absolute Gasteiger partial charge is 0.462 e. The Labute approximate surface area is 148 Å². The fraction of sp³-hybridized carbons (Fsp3) is 0.222. The zero-order chi connectivity index (χ0) is 16.4. The van der Waals surface area contributed by atoms with Crippen molar-refractivity contribution in [2.75, 3.05) is 6.61 Å². The fourth-order valence-corrected chi connectivity index (χ4v) is 2.82. The number of carbonyl (C=O) groups is 1. The first-order valence-electron chi connectivity index (χ1n) is 7.45. The van der Waals surface area contributed by atoms with Gasteiger partial charge in [0.2, 0.25) is 0 Å². The predicted molar refractivity (Wildman–Crippen MR) is 98.9 cm³/mol. The molecule has 0 fully saturated rings. The Balaban J connectivity index is 1.94. The third kappa shape index (κ3) is 3.55. The smallest absolute Gasteiger partial charge is 0.338 e. The Hall–Kier alpha value is -1.89. The number of fused-ring (bicyclic) bond motifs is 1. The molecule has 0 aliphatic heterocycles. The minimum absolute atomic E-state index is 0.299. The molecule has 0 amide bonds. The van der Waals surface area contributed by atoms with E-state index in [0.717, 1.165) is 16.6 Å². The molecule has 118 valence electrons. The Morgan fingerprint density at radius 3 is 2.87 bits per heavy atom. The number of nitrogens with zero attached hydrogens (tertiary/aromatic N) is 2. The minimum atomic E-state index is -0.299. The van der Waals surface area contributed by atoms with Gasteiger partial charge >= 0.3 is 5.97 Å². The summed E-state index contributed by atoms with van der Waals surface area (Å²) in [6.07, 6.45) is 1.83. The molecule has 4 nitrogen and oxygen atoms in total. The van der Waals surface area contributed by atoms with Gasteiger partial charge in [0.15, 0.2) is 0 Å². The Bertz CT molecular complexity index is 855. The first kappa shape index (κ1) is 16.0. The van der Waals surface area contributed by atoms with E-state index in [1.807, 2.05) is 55.1 Å². The highest BCUT2D eigenvalue weighted by Gasteiger charge is 2.11. The molecule has 0 aliphatic rings. The van der Waals surface area contributed by atoms with Crippen LogP contribution in [0.2, 0.25) is 0 Å². The maximum atomic E-state index is 12.1. The van der Waals surface area contributed by atoms with Crippen molar-refractivity contribution < 1.29 is 9.53 Å². The number of hydrogen-bond donors (Lipinski definition) is 0. The van der Waals surface area contributed by atoms with Crippen LogP contribution in [0.25, 0.3) is 16.6 Å². The summed E-state index contributed by atoms with van der Waals surface area (Å²) < 4.78 is 8.30. The molecule has 1 aromatic heterocycles. The molecule has 23 heavy (non-hydrogen) atoms. The molecule has 2 aromatic carbocycles. The Morgan fingerprint density at radius 2 is 2.09 bits per heavy atom. The molecular formula is C18H17IN2O2. The number of ether oxygens (including phenoxy) is 1. The summed E-state index contributed by atoms with van der Waals surface area (Å²) in [4.78, 5) is 12.1. The van der Waals surface area contributed by atoms with Crippen molar-refractivity contribution in [1.29, 1.82) is 0 Å². The van der Waals surface area contributed by atoms with E-state index in [-0.39, 0.29) is 5.97 Å². The molecule has 0 N–H and O–H groups in total. The second-order valence-corrected chi connectivity index (χ2v) is 7.05. The van der Waals surface area contributed by atoms with Crippen LogP contribution < -0.4 is 0 Å². The van der Waals surface area contributed by atoms with E-state index in [4.69, 9.17) is 4.74 Å². The zero-order valence-electron chi connectivity index (χ0n) is 13.0. The van der Waals surface area contributed by atoms with Crippen molar-refractivity contribution in [2.45, 2.75) is 13.8 Å². The number of aromatic nitrogens is 2. The number of benzene rings is 2. The molecule has 0 aliphatic carbocycles. The van der Waals surface area contributed by atoms with E-state index in [1.54, 1.807) is 6.07 Å². The summed E-state index contributed by atoms with van der Waals surface area (Å²) >= 11 is 2.28. The maximum Gasteiger partial charge on any atom is 0.338 e. The minimum Gasteiger partial charge on any atom is -0.462 e. The standard InChI is InChI=1S/C18H17IN2O2/c1-12(2)11-23-18(22)13-4-3-5-16(9-13)21-17-7-6-15(19)8-14(17)10-20-21/h3-10,12H,11H2,1-2H3. The van der Waals surface area contributed by atoms with Crippen molar-refractivity contribution in [2.24, 2.45) is 5.92 Å². The second kappa shape index (κ2) is 6.70. The van der Waals surface area contributed by atoms with Gasteiger partial charge in [-0.1, -0.05) is 19.9 Å². The number of carbonyl (C=O) groups excluding carboxylic acids is 1. The van der Waals surface area contributed by atoms with Crippen molar-refractivity contribution in [1.82, 2.24) is 9.78 Å². The zero-order valence-corrected chi connectivity index (χ0v) is 15.1. The SMILES string of the molecule is CC(C)COC(=O)c1cccc(-n2ncc3cc(I)ccc32)c1. The van der Waals surface area contributed by atoms with Crippen LogP contribution in [0.1, 0.15) is 24.2 Å². The highest BCUT2D eigenvalue weighted by atomic mass is 127. The van der Waals surface area contributed by atoms with Gasteiger partial charge in [0.25, 0.3) is 0 Å². The lowest BCUT2D eigenvalue weighted by Gasteiger charge is -2.09. The van der Waals surface area contributed by atoms with Crippen molar-refractivity contribution >= 4 is 39.5 Å². The molecule has 1 heterocycles. The number of rotatable bonds is 4. The van der Waals surface area contributed by atoms with Crippen LogP contribution in [-0.4, -0.2) is 22.4 Å². The monoisotopic (exact) mass is 420 g/mol. The third-order valence-corrected chi connectivity index (χ3v) is 4.08. The van der Waals surface area contributed by atoms with E-state index in [1.165, 1.54) is 3.57 Å². The van der Waals surface area contributed by atoms with Gasteiger partial charge in [0.1, 0.15) is 0 Å². The van der Waals surface area contributed by atoms with E-state index < -0.39 is 0 Å². The van der Waals surface area contributed by atoms with Gasteiger partial charge in [-0.3, -0.25) is 0 Å². The van der Waals surface area contributed by atoms with Crippen molar-refractivity contribution in [3.63, 3.8) is 0 Å². The Kier molecular flexibility index (Phi) is 4.66. The van der Waals surface area contributed by atoms with Crippen LogP contribution in [0.5, 0.6) is 0 Å².